The molecule has 2 rings (SSSR count). The van der Waals surface area contributed by atoms with E-state index in [0.29, 0.717) is 0 Å². The molecule has 0 saturated heterocycles. The maximum Gasteiger partial charge on any atom is 0.118 e. The quantitative estimate of drug-likeness (QED) is 0.779. The van der Waals surface area contributed by atoms with Gasteiger partial charge in [0.1, 0.15) is 5.75 Å². The van der Waals surface area contributed by atoms with E-state index >= 15 is 0 Å². The van der Waals surface area contributed by atoms with Crippen molar-refractivity contribution in [1.29, 1.82) is 0 Å². The van der Waals surface area contributed by atoms with Crippen molar-refractivity contribution in [2.75, 3.05) is 13.7 Å². The summed E-state index contributed by atoms with van der Waals surface area (Å²) in [5, 5.41) is 3.50. The normalized spacial score (nSPS) is 10.6. The van der Waals surface area contributed by atoms with Crippen molar-refractivity contribution in [2.24, 2.45) is 0 Å². The van der Waals surface area contributed by atoms with E-state index in [1.165, 1.54) is 15.3 Å². The van der Waals surface area contributed by atoms with Gasteiger partial charge < -0.3 is 10.1 Å². The molecule has 102 valence electrons. The summed E-state index contributed by atoms with van der Waals surface area (Å²) in [5.74, 6) is 0.919. The van der Waals surface area contributed by atoms with Crippen molar-refractivity contribution in [3.8, 4) is 5.75 Å². The lowest BCUT2D eigenvalue weighted by Gasteiger charge is -2.05. The molecule has 1 aromatic carbocycles. The van der Waals surface area contributed by atoms with Crippen molar-refractivity contribution in [3.05, 3.63) is 51.7 Å². The molecule has 0 saturated carbocycles. The van der Waals surface area contributed by atoms with E-state index in [0.717, 1.165) is 31.7 Å². The fraction of sp³-hybridized carbons (Fsp3) is 0.375. The third-order valence-electron chi connectivity index (χ3n) is 3.11. The van der Waals surface area contributed by atoms with E-state index in [1.54, 1.807) is 7.11 Å². The topological polar surface area (TPSA) is 21.3 Å². The monoisotopic (exact) mass is 275 g/mol. The van der Waals surface area contributed by atoms with Gasteiger partial charge in [-0.15, -0.1) is 11.3 Å². The number of rotatable bonds is 7. The third-order valence-corrected chi connectivity index (χ3v) is 4.34. The summed E-state index contributed by atoms with van der Waals surface area (Å²) in [4.78, 5) is 2.89. The summed E-state index contributed by atoms with van der Waals surface area (Å²) >= 11 is 1.91. The fourth-order valence-electron chi connectivity index (χ4n) is 1.94. The van der Waals surface area contributed by atoms with Crippen molar-refractivity contribution in [2.45, 2.75) is 26.3 Å². The summed E-state index contributed by atoms with van der Waals surface area (Å²) in [6.07, 6.45) is 2.19. The molecule has 1 aromatic heterocycles. The highest BCUT2D eigenvalue weighted by atomic mass is 32.1. The number of thiophene rings is 1. The van der Waals surface area contributed by atoms with Gasteiger partial charge in [0.15, 0.2) is 0 Å². The molecule has 0 aliphatic carbocycles. The zero-order valence-electron chi connectivity index (χ0n) is 11.6. The molecule has 2 aromatic rings. The Morgan fingerprint density at radius 3 is 2.42 bits per heavy atom. The number of ether oxygens (including phenoxy) is 1. The lowest BCUT2D eigenvalue weighted by atomic mass is 10.1. The predicted molar refractivity (Wildman–Crippen MR) is 82.1 cm³/mol. The summed E-state index contributed by atoms with van der Waals surface area (Å²) in [6.45, 7) is 4.18. The van der Waals surface area contributed by atoms with Crippen LogP contribution < -0.4 is 10.1 Å². The van der Waals surface area contributed by atoms with Crippen molar-refractivity contribution in [3.63, 3.8) is 0 Å². The highest BCUT2D eigenvalue weighted by Gasteiger charge is 1.98. The van der Waals surface area contributed by atoms with Crippen LogP contribution in [0.3, 0.4) is 0 Å². The van der Waals surface area contributed by atoms with Crippen LogP contribution in [0.1, 0.15) is 22.2 Å². The second-order valence-electron chi connectivity index (χ2n) is 4.50. The lowest BCUT2D eigenvalue weighted by molar-refractivity contribution is 0.414. The number of aryl methyl sites for hydroxylation is 1. The molecule has 0 radical (unpaired) electrons. The van der Waals surface area contributed by atoms with Crippen molar-refractivity contribution in [1.82, 2.24) is 5.32 Å². The molecular formula is C16H21NOS. The first-order chi connectivity index (χ1) is 9.31. The fourth-order valence-corrected chi connectivity index (χ4v) is 2.87. The number of hydrogen-bond donors (Lipinski definition) is 1. The summed E-state index contributed by atoms with van der Waals surface area (Å²) in [6, 6.07) is 12.7. The number of benzene rings is 1. The van der Waals surface area contributed by atoms with Gasteiger partial charge in [-0.3, -0.25) is 0 Å². The van der Waals surface area contributed by atoms with Gasteiger partial charge in [0.2, 0.25) is 0 Å². The van der Waals surface area contributed by atoms with E-state index in [4.69, 9.17) is 4.74 Å². The Hall–Kier alpha value is -1.32. The molecule has 2 nitrogen and oxygen atoms in total. The number of methoxy groups -OCH3 is 1. The van der Waals surface area contributed by atoms with E-state index in [1.807, 2.05) is 23.5 Å². The second kappa shape index (κ2) is 7.31. The minimum absolute atomic E-state index is 0.919. The van der Waals surface area contributed by atoms with E-state index in [-0.39, 0.29) is 0 Å². The molecule has 0 bridgehead atoms. The molecule has 0 atom stereocenters. The molecular weight excluding hydrogens is 254 g/mol. The van der Waals surface area contributed by atoms with Crippen LogP contribution in [0, 0.1) is 0 Å². The van der Waals surface area contributed by atoms with Crippen LogP contribution >= 0.6 is 11.3 Å². The van der Waals surface area contributed by atoms with Crippen LogP contribution in [0.15, 0.2) is 36.4 Å². The molecule has 0 fully saturated rings. The van der Waals surface area contributed by atoms with Gasteiger partial charge in [-0.2, -0.15) is 0 Å². The Bertz CT molecular complexity index is 490. The average Bonchev–Trinajstić information content (AvgIpc) is 2.92. The van der Waals surface area contributed by atoms with Crippen LogP contribution in [-0.4, -0.2) is 13.7 Å². The van der Waals surface area contributed by atoms with E-state index in [2.05, 4.69) is 36.5 Å². The molecule has 3 heteroatoms. The lowest BCUT2D eigenvalue weighted by Crippen LogP contribution is -2.15. The average molecular weight is 275 g/mol. The molecule has 1 N–H and O–H groups in total. The summed E-state index contributed by atoms with van der Waals surface area (Å²) in [5.41, 5.74) is 1.34. The third kappa shape index (κ3) is 4.37. The number of nitrogens with one attached hydrogen (secondary N) is 1. The van der Waals surface area contributed by atoms with Crippen LogP contribution in [0.5, 0.6) is 5.75 Å². The molecule has 0 spiro atoms. The number of hydrogen-bond acceptors (Lipinski definition) is 3. The van der Waals surface area contributed by atoms with Gasteiger partial charge >= 0.3 is 0 Å². The minimum atomic E-state index is 0.919. The molecule has 0 aliphatic heterocycles. The molecule has 1 heterocycles. The van der Waals surface area contributed by atoms with Crippen LogP contribution in [0.4, 0.5) is 0 Å². The zero-order chi connectivity index (χ0) is 13.5. The van der Waals surface area contributed by atoms with Gasteiger partial charge in [0, 0.05) is 16.3 Å². The zero-order valence-corrected chi connectivity index (χ0v) is 12.4. The predicted octanol–water partition coefficient (Wildman–Crippen LogP) is 3.65. The van der Waals surface area contributed by atoms with Crippen LogP contribution in [-0.2, 0) is 19.4 Å². The Morgan fingerprint density at radius 2 is 1.79 bits per heavy atom. The Labute approximate surface area is 119 Å². The van der Waals surface area contributed by atoms with Gasteiger partial charge in [0.05, 0.1) is 7.11 Å². The Balaban J connectivity index is 1.71. The maximum absolute atomic E-state index is 5.15. The highest BCUT2D eigenvalue weighted by Crippen LogP contribution is 2.16. The molecule has 19 heavy (non-hydrogen) atoms. The van der Waals surface area contributed by atoms with E-state index < -0.39 is 0 Å². The Kier molecular flexibility index (Phi) is 5.43. The van der Waals surface area contributed by atoms with Crippen LogP contribution in [0.25, 0.3) is 0 Å². The van der Waals surface area contributed by atoms with Gasteiger partial charge in [0.25, 0.3) is 0 Å². The highest BCUT2D eigenvalue weighted by molar-refractivity contribution is 7.11. The molecule has 0 aliphatic rings. The molecule has 0 unspecified atom stereocenters. The smallest absolute Gasteiger partial charge is 0.118 e. The molecule has 0 amide bonds. The van der Waals surface area contributed by atoms with Gasteiger partial charge in [-0.1, -0.05) is 19.1 Å². The maximum atomic E-state index is 5.15. The Morgan fingerprint density at radius 1 is 1.05 bits per heavy atom. The van der Waals surface area contributed by atoms with E-state index in [9.17, 15) is 0 Å². The largest absolute Gasteiger partial charge is 0.497 e. The summed E-state index contributed by atoms with van der Waals surface area (Å²) in [7, 11) is 1.70. The van der Waals surface area contributed by atoms with Gasteiger partial charge in [-0.05, 0) is 49.2 Å². The van der Waals surface area contributed by atoms with Crippen molar-refractivity contribution < 1.29 is 4.74 Å². The first kappa shape index (κ1) is 14.1. The minimum Gasteiger partial charge on any atom is -0.497 e. The first-order valence-electron chi connectivity index (χ1n) is 6.73. The summed E-state index contributed by atoms with van der Waals surface area (Å²) < 4.78 is 5.15. The first-order valence-corrected chi connectivity index (χ1v) is 7.54. The SMILES string of the molecule is CCc1ccc(CNCCc2ccc(OC)cc2)s1. The van der Waals surface area contributed by atoms with Crippen LogP contribution in [0.2, 0.25) is 0 Å². The standard InChI is InChI=1S/C16H21NOS/c1-3-15-8-9-16(19-15)12-17-11-10-13-4-6-14(18-2)7-5-13/h4-9,17H,3,10-12H2,1-2H3. The van der Waals surface area contributed by atoms with Gasteiger partial charge in [-0.25, -0.2) is 0 Å². The second-order valence-corrected chi connectivity index (χ2v) is 5.75. The van der Waals surface area contributed by atoms with Crippen molar-refractivity contribution >= 4 is 11.3 Å².